The van der Waals surface area contributed by atoms with Crippen LogP contribution in [0.25, 0.3) is 0 Å². The summed E-state index contributed by atoms with van der Waals surface area (Å²) in [6.07, 6.45) is -0.607. The highest BCUT2D eigenvalue weighted by Crippen LogP contribution is 2.33. The first-order valence-electron chi connectivity index (χ1n) is 5.24. The third-order valence-electron chi connectivity index (χ3n) is 2.87. The predicted octanol–water partition coefficient (Wildman–Crippen LogP) is 2.43. The van der Waals surface area contributed by atoms with Gasteiger partial charge in [0.15, 0.2) is 0 Å². The van der Waals surface area contributed by atoms with E-state index in [1.54, 1.807) is 12.1 Å². The van der Waals surface area contributed by atoms with E-state index < -0.39 is 12.1 Å². The molecule has 16 heavy (non-hydrogen) atoms. The Morgan fingerprint density at radius 2 is 2.25 bits per heavy atom. The van der Waals surface area contributed by atoms with Crippen molar-refractivity contribution in [3.05, 3.63) is 35.4 Å². The number of rotatable bonds is 3. The van der Waals surface area contributed by atoms with Gasteiger partial charge in [-0.2, -0.15) is 0 Å². The Morgan fingerprint density at radius 1 is 1.50 bits per heavy atom. The van der Waals surface area contributed by atoms with Gasteiger partial charge in [0.25, 0.3) is 0 Å². The van der Waals surface area contributed by atoms with Gasteiger partial charge in [0.05, 0.1) is 12.2 Å². The monoisotopic (exact) mass is 224 g/mol. The van der Waals surface area contributed by atoms with Crippen molar-refractivity contribution in [1.29, 1.82) is 0 Å². The fraction of sp³-hybridized carbons (Fsp3) is 0.417. The molecule has 1 saturated heterocycles. The zero-order valence-electron chi connectivity index (χ0n) is 8.73. The number of aromatic carboxylic acids is 1. The van der Waals surface area contributed by atoms with Crippen LogP contribution in [0.3, 0.4) is 0 Å². The van der Waals surface area contributed by atoms with Crippen LogP contribution in [0.15, 0.2) is 24.3 Å². The van der Waals surface area contributed by atoms with Gasteiger partial charge in [-0.25, -0.2) is 9.18 Å². The Morgan fingerprint density at radius 3 is 2.88 bits per heavy atom. The molecule has 1 aromatic carbocycles. The summed E-state index contributed by atoms with van der Waals surface area (Å²) in [6, 6.07) is 6.22. The maximum absolute atomic E-state index is 14.1. The molecule has 1 aliphatic rings. The molecule has 1 N–H and O–H groups in total. The lowest BCUT2D eigenvalue weighted by Crippen LogP contribution is -2.12. The summed E-state index contributed by atoms with van der Waals surface area (Å²) in [5, 5.41) is 8.96. The normalized spacial score (nSPS) is 21.9. The Hall–Kier alpha value is -1.42. The minimum Gasteiger partial charge on any atom is -0.478 e. The van der Waals surface area contributed by atoms with Crippen molar-refractivity contribution in [3.8, 4) is 0 Å². The van der Waals surface area contributed by atoms with Gasteiger partial charge < -0.3 is 9.84 Å². The first kappa shape index (κ1) is 11.1. The van der Waals surface area contributed by atoms with E-state index >= 15 is 0 Å². The minimum absolute atomic E-state index is 0.0434. The second-order valence-corrected chi connectivity index (χ2v) is 3.92. The zero-order valence-corrected chi connectivity index (χ0v) is 8.73. The highest BCUT2D eigenvalue weighted by Gasteiger charge is 2.29. The standard InChI is InChI=1S/C12H13FO3/c13-11(8-5-6-16-7-8)9-3-1-2-4-10(9)12(14)15/h1-4,8,11H,5-7H2,(H,14,15). The number of carboxylic acids is 1. The first-order valence-corrected chi connectivity index (χ1v) is 5.24. The van der Waals surface area contributed by atoms with Crippen LogP contribution in [0.4, 0.5) is 4.39 Å². The van der Waals surface area contributed by atoms with Crippen molar-refractivity contribution in [2.75, 3.05) is 13.2 Å². The van der Waals surface area contributed by atoms with Gasteiger partial charge in [0, 0.05) is 18.1 Å². The molecule has 2 unspecified atom stereocenters. The summed E-state index contributed by atoms with van der Waals surface area (Å²) < 4.78 is 19.2. The summed E-state index contributed by atoms with van der Waals surface area (Å²) >= 11 is 0. The average Bonchev–Trinajstić information content (AvgIpc) is 2.81. The molecule has 0 aliphatic carbocycles. The predicted molar refractivity (Wildman–Crippen MR) is 56.2 cm³/mol. The van der Waals surface area contributed by atoms with Gasteiger partial charge >= 0.3 is 5.97 Å². The molecule has 1 fully saturated rings. The van der Waals surface area contributed by atoms with Gasteiger partial charge in [-0.05, 0) is 12.5 Å². The number of alkyl halides is 1. The van der Waals surface area contributed by atoms with Gasteiger partial charge in [-0.3, -0.25) is 0 Å². The molecular formula is C12H13FO3. The second-order valence-electron chi connectivity index (χ2n) is 3.92. The van der Waals surface area contributed by atoms with Crippen molar-refractivity contribution in [3.63, 3.8) is 0 Å². The number of benzene rings is 1. The summed E-state index contributed by atoms with van der Waals surface area (Å²) in [4.78, 5) is 10.9. The third kappa shape index (κ3) is 2.07. The number of hydrogen-bond donors (Lipinski definition) is 1. The van der Waals surface area contributed by atoms with Crippen molar-refractivity contribution in [1.82, 2.24) is 0 Å². The van der Waals surface area contributed by atoms with Crippen LogP contribution in [-0.2, 0) is 4.74 Å². The van der Waals surface area contributed by atoms with Crippen LogP contribution in [0, 0.1) is 5.92 Å². The third-order valence-corrected chi connectivity index (χ3v) is 2.87. The number of halogens is 1. The summed E-state index contributed by atoms with van der Waals surface area (Å²) in [6.45, 7) is 0.926. The van der Waals surface area contributed by atoms with Crippen LogP contribution in [-0.4, -0.2) is 24.3 Å². The molecule has 4 heteroatoms. The zero-order chi connectivity index (χ0) is 11.5. The Bertz CT molecular complexity index is 386. The summed E-state index contributed by atoms with van der Waals surface area (Å²) in [5.41, 5.74) is 0.299. The van der Waals surface area contributed by atoms with Crippen molar-refractivity contribution in [2.24, 2.45) is 5.92 Å². The summed E-state index contributed by atoms with van der Waals surface area (Å²) in [5.74, 6) is -1.31. The van der Waals surface area contributed by atoms with E-state index in [1.165, 1.54) is 12.1 Å². The lowest BCUT2D eigenvalue weighted by Gasteiger charge is -2.16. The van der Waals surface area contributed by atoms with Crippen molar-refractivity contribution >= 4 is 5.97 Å². The molecule has 0 saturated carbocycles. The molecule has 0 amide bonds. The molecule has 1 heterocycles. The van der Waals surface area contributed by atoms with Crippen LogP contribution in [0.1, 0.15) is 28.5 Å². The van der Waals surface area contributed by atoms with E-state index in [0.29, 0.717) is 19.6 Å². The fourth-order valence-corrected chi connectivity index (χ4v) is 1.97. The Kier molecular flexibility index (Phi) is 3.19. The van der Waals surface area contributed by atoms with E-state index in [9.17, 15) is 9.18 Å². The molecule has 2 rings (SSSR count). The molecule has 0 bridgehead atoms. The molecular weight excluding hydrogens is 211 g/mol. The minimum atomic E-state index is -1.25. The molecule has 3 nitrogen and oxygen atoms in total. The fourth-order valence-electron chi connectivity index (χ4n) is 1.97. The Balaban J connectivity index is 2.27. The van der Waals surface area contributed by atoms with Gasteiger partial charge in [-0.1, -0.05) is 18.2 Å². The average molecular weight is 224 g/mol. The van der Waals surface area contributed by atoms with E-state index in [-0.39, 0.29) is 17.0 Å². The van der Waals surface area contributed by atoms with Crippen LogP contribution in [0.2, 0.25) is 0 Å². The lowest BCUT2D eigenvalue weighted by atomic mass is 9.93. The number of hydrogen-bond acceptors (Lipinski definition) is 2. The summed E-state index contributed by atoms with van der Waals surface area (Å²) in [7, 11) is 0. The number of ether oxygens (including phenoxy) is 1. The first-order chi connectivity index (χ1) is 7.70. The van der Waals surface area contributed by atoms with Gasteiger partial charge in [0.1, 0.15) is 6.17 Å². The maximum atomic E-state index is 14.1. The quantitative estimate of drug-likeness (QED) is 0.857. The number of carboxylic acid groups (broad SMARTS) is 1. The topological polar surface area (TPSA) is 46.5 Å². The van der Waals surface area contributed by atoms with Gasteiger partial charge in [-0.15, -0.1) is 0 Å². The molecule has 2 atom stereocenters. The smallest absolute Gasteiger partial charge is 0.336 e. The van der Waals surface area contributed by atoms with E-state index in [4.69, 9.17) is 9.84 Å². The molecule has 0 aromatic heterocycles. The number of carbonyl (C=O) groups is 1. The highest BCUT2D eigenvalue weighted by atomic mass is 19.1. The van der Waals surface area contributed by atoms with E-state index in [2.05, 4.69) is 0 Å². The SMILES string of the molecule is O=C(O)c1ccccc1C(F)C1CCOC1. The van der Waals surface area contributed by atoms with E-state index in [1.807, 2.05) is 0 Å². The highest BCUT2D eigenvalue weighted by molar-refractivity contribution is 5.89. The largest absolute Gasteiger partial charge is 0.478 e. The molecule has 0 radical (unpaired) electrons. The molecule has 86 valence electrons. The maximum Gasteiger partial charge on any atom is 0.336 e. The second kappa shape index (κ2) is 4.61. The van der Waals surface area contributed by atoms with Gasteiger partial charge in [0.2, 0.25) is 0 Å². The molecule has 1 aliphatic heterocycles. The molecule has 1 aromatic rings. The Labute approximate surface area is 92.9 Å². The van der Waals surface area contributed by atoms with Crippen LogP contribution >= 0.6 is 0 Å². The van der Waals surface area contributed by atoms with Crippen LogP contribution < -0.4 is 0 Å². The van der Waals surface area contributed by atoms with Crippen LogP contribution in [0.5, 0.6) is 0 Å². The van der Waals surface area contributed by atoms with E-state index in [0.717, 1.165) is 0 Å². The van der Waals surface area contributed by atoms with Crippen molar-refractivity contribution in [2.45, 2.75) is 12.6 Å². The molecule has 0 spiro atoms. The van der Waals surface area contributed by atoms with Crippen molar-refractivity contribution < 1.29 is 19.0 Å². The lowest BCUT2D eigenvalue weighted by molar-refractivity contribution is 0.0690.